The van der Waals surface area contributed by atoms with E-state index in [1.807, 2.05) is 42.5 Å². The summed E-state index contributed by atoms with van der Waals surface area (Å²) in [6.45, 7) is 7.28. The fourth-order valence-electron chi connectivity index (χ4n) is 4.83. The first-order valence-electron chi connectivity index (χ1n) is 14.9. The van der Waals surface area contributed by atoms with Gasteiger partial charge in [-0.15, -0.1) is 0 Å². The van der Waals surface area contributed by atoms with Gasteiger partial charge in [0.05, 0.1) is 18.3 Å². The number of rotatable bonds is 18. The van der Waals surface area contributed by atoms with Crippen molar-refractivity contribution in [2.75, 3.05) is 6.61 Å². The summed E-state index contributed by atoms with van der Waals surface area (Å²) >= 11 is 0. The van der Waals surface area contributed by atoms with Crippen molar-refractivity contribution in [1.29, 1.82) is 0 Å². The number of aromatic carboxylic acids is 1. The Labute approximate surface area is 235 Å². The van der Waals surface area contributed by atoms with Gasteiger partial charge < -0.3 is 14.6 Å². The Morgan fingerprint density at radius 1 is 0.692 bits per heavy atom. The molecule has 3 aromatic rings. The number of hydrogen-bond acceptors (Lipinski definition) is 3. The zero-order chi connectivity index (χ0) is 27.9. The lowest BCUT2D eigenvalue weighted by Gasteiger charge is -2.16. The van der Waals surface area contributed by atoms with Gasteiger partial charge in [-0.1, -0.05) is 102 Å². The Hall–Kier alpha value is -3.27. The molecule has 39 heavy (non-hydrogen) atoms. The van der Waals surface area contributed by atoms with Gasteiger partial charge in [0.25, 0.3) is 0 Å². The van der Waals surface area contributed by atoms with Crippen molar-refractivity contribution in [3.05, 3.63) is 72.3 Å². The fraction of sp³-hybridized carbons (Fsp3) is 0.457. The zero-order valence-corrected chi connectivity index (χ0v) is 24.1. The minimum Gasteiger partial charge on any atom is -0.494 e. The molecule has 0 spiro atoms. The smallest absolute Gasteiger partial charge is 0.336 e. The summed E-state index contributed by atoms with van der Waals surface area (Å²) in [5.74, 6) is 0.662. The largest absolute Gasteiger partial charge is 0.494 e. The summed E-state index contributed by atoms with van der Waals surface area (Å²) in [6, 6.07) is 21.5. The van der Waals surface area contributed by atoms with Crippen LogP contribution in [-0.2, 0) is 0 Å². The Morgan fingerprint density at radius 2 is 1.23 bits per heavy atom. The van der Waals surface area contributed by atoms with E-state index in [-0.39, 0.29) is 11.7 Å². The van der Waals surface area contributed by atoms with Gasteiger partial charge in [0.2, 0.25) is 0 Å². The molecule has 0 aliphatic carbocycles. The van der Waals surface area contributed by atoms with Crippen LogP contribution in [0, 0.1) is 0 Å². The van der Waals surface area contributed by atoms with Crippen molar-refractivity contribution in [2.24, 2.45) is 0 Å². The molecule has 0 aromatic heterocycles. The molecule has 210 valence electrons. The molecule has 0 saturated heterocycles. The fourth-order valence-corrected chi connectivity index (χ4v) is 4.83. The van der Waals surface area contributed by atoms with Gasteiger partial charge in [0.15, 0.2) is 0 Å². The standard InChI is InChI=1S/C35H46O4/c1-4-6-8-10-11-13-25-38-31-21-19-29(20-22-31)28-15-17-30(18-16-28)34-26-32(23-24-33(34)35(36)37)39-27(3)14-12-9-7-5-2/h15-24,26-27H,4-14,25H2,1-3H3,(H,36,37). The first-order chi connectivity index (χ1) is 19.0. The van der Waals surface area contributed by atoms with Crippen LogP contribution in [0.2, 0.25) is 0 Å². The van der Waals surface area contributed by atoms with Gasteiger partial charge in [0.1, 0.15) is 11.5 Å². The van der Waals surface area contributed by atoms with Crippen molar-refractivity contribution < 1.29 is 19.4 Å². The van der Waals surface area contributed by atoms with E-state index in [1.165, 1.54) is 51.4 Å². The second-order valence-corrected chi connectivity index (χ2v) is 10.5. The Balaban J connectivity index is 1.62. The molecule has 0 aliphatic rings. The summed E-state index contributed by atoms with van der Waals surface area (Å²) in [6.07, 6.45) is 13.4. The molecule has 0 amide bonds. The maximum absolute atomic E-state index is 12.0. The van der Waals surface area contributed by atoms with Crippen molar-refractivity contribution in [3.63, 3.8) is 0 Å². The summed E-state index contributed by atoms with van der Waals surface area (Å²) in [5, 5.41) is 9.80. The second kappa shape index (κ2) is 16.6. The SMILES string of the molecule is CCCCCCCCOc1ccc(-c2ccc(-c3cc(OC(C)CCCCCC)ccc3C(=O)O)cc2)cc1. The molecule has 1 atom stereocenters. The highest BCUT2D eigenvalue weighted by Gasteiger charge is 2.15. The first kappa shape index (κ1) is 30.3. The van der Waals surface area contributed by atoms with E-state index in [4.69, 9.17) is 9.47 Å². The zero-order valence-electron chi connectivity index (χ0n) is 24.1. The first-order valence-corrected chi connectivity index (χ1v) is 14.9. The molecule has 0 radical (unpaired) electrons. The van der Waals surface area contributed by atoms with Crippen LogP contribution in [0.25, 0.3) is 22.3 Å². The monoisotopic (exact) mass is 530 g/mol. The Kier molecular flexibility index (Phi) is 12.9. The van der Waals surface area contributed by atoms with E-state index in [1.54, 1.807) is 12.1 Å². The lowest BCUT2D eigenvalue weighted by Crippen LogP contribution is -2.12. The predicted octanol–water partition coefficient (Wildman–Crippen LogP) is 10.2. The average Bonchev–Trinajstić information content (AvgIpc) is 2.95. The number of carbonyl (C=O) groups is 1. The Bertz CT molecular complexity index is 1120. The lowest BCUT2D eigenvalue weighted by molar-refractivity contribution is 0.0697. The van der Waals surface area contributed by atoms with Gasteiger partial charge >= 0.3 is 5.97 Å². The summed E-state index contributed by atoms with van der Waals surface area (Å²) in [7, 11) is 0. The highest BCUT2D eigenvalue weighted by atomic mass is 16.5. The predicted molar refractivity (Wildman–Crippen MR) is 162 cm³/mol. The van der Waals surface area contributed by atoms with E-state index in [9.17, 15) is 9.90 Å². The molecule has 3 aromatic carbocycles. The molecule has 0 saturated carbocycles. The normalized spacial score (nSPS) is 11.8. The van der Waals surface area contributed by atoms with E-state index in [0.717, 1.165) is 48.3 Å². The molecule has 3 rings (SSSR count). The van der Waals surface area contributed by atoms with E-state index >= 15 is 0 Å². The third-order valence-corrected chi connectivity index (χ3v) is 7.17. The van der Waals surface area contributed by atoms with Crippen LogP contribution in [0.1, 0.15) is 102 Å². The van der Waals surface area contributed by atoms with E-state index < -0.39 is 5.97 Å². The summed E-state index contributed by atoms with van der Waals surface area (Å²) in [5.41, 5.74) is 3.98. The third-order valence-electron chi connectivity index (χ3n) is 7.17. The molecular formula is C35H46O4. The number of hydrogen-bond donors (Lipinski definition) is 1. The van der Waals surface area contributed by atoms with Crippen molar-refractivity contribution >= 4 is 5.97 Å². The quantitative estimate of drug-likeness (QED) is 0.166. The minimum absolute atomic E-state index is 0.0884. The number of unbranched alkanes of at least 4 members (excludes halogenated alkanes) is 8. The maximum atomic E-state index is 12.0. The van der Waals surface area contributed by atoms with Crippen LogP contribution < -0.4 is 9.47 Å². The van der Waals surface area contributed by atoms with Crippen LogP contribution in [0.5, 0.6) is 11.5 Å². The Morgan fingerprint density at radius 3 is 1.87 bits per heavy atom. The number of carboxylic acids is 1. The van der Waals surface area contributed by atoms with Crippen LogP contribution in [0.4, 0.5) is 0 Å². The number of benzene rings is 3. The summed E-state index contributed by atoms with van der Waals surface area (Å²) in [4.78, 5) is 12.0. The number of ether oxygens (including phenoxy) is 2. The average molecular weight is 531 g/mol. The van der Waals surface area contributed by atoms with Crippen LogP contribution in [-0.4, -0.2) is 23.8 Å². The highest BCUT2D eigenvalue weighted by molar-refractivity contribution is 5.96. The highest BCUT2D eigenvalue weighted by Crippen LogP contribution is 2.31. The molecule has 1 unspecified atom stereocenters. The molecule has 0 aliphatic heterocycles. The third kappa shape index (κ3) is 10.1. The van der Waals surface area contributed by atoms with Gasteiger partial charge in [-0.3, -0.25) is 0 Å². The minimum atomic E-state index is -0.940. The molecule has 0 fully saturated rings. The van der Waals surface area contributed by atoms with Gasteiger partial charge in [-0.05, 0) is 78.8 Å². The molecule has 0 bridgehead atoms. The van der Waals surface area contributed by atoms with E-state index in [2.05, 4.69) is 32.9 Å². The van der Waals surface area contributed by atoms with Crippen LogP contribution in [0.15, 0.2) is 66.7 Å². The van der Waals surface area contributed by atoms with Gasteiger partial charge in [0, 0.05) is 0 Å². The van der Waals surface area contributed by atoms with Gasteiger partial charge in [-0.2, -0.15) is 0 Å². The second-order valence-electron chi connectivity index (χ2n) is 10.5. The topological polar surface area (TPSA) is 55.8 Å². The molecule has 4 heteroatoms. The molecular weight excluding hydrogens is 484 g/mol. The number of carboxylic acid groups (broad SMARTS) is 1. The van der Waals surface area contributed by atoms with Gasteiger partial charge in [-0.25, -0.2) is 4.79 Å². The maximum Gasteiger partial charge on any atom is 0.336 e. The molecule has 1 N–H and O–H groups in total. The van der Waals surface area contributed by atoms with Crippen LogP contribution in [0.3, 0.4) is 0 Å². The van der Waals surface area contributed by atoms with Crippen LogP contribution >= 0.6 is 0 Å². The van der Waals surface area contributed by atoms with Crippen molar-refractivity contribution in [3.8, 4) is 33.8 Å². The van der Waals surface area contributed by atoms with E-state index in [0.29, 0.717) is 11.3 Å². The summed E-state index contributed by atoms with van der Waals surface area (Å²) < 4.78 is 12.1. The lowest BCUT2D eigenvalue weighted by atomic mass is 9.96. The molecule has 4 nitrogen and oxygen atoms in total. The van der Waals surface area contributed by atoms with Crippen molar-refractivity contribution in [1.82, 2.24) is 0 Å². The molecule has 0 heterocycles. The van der Waals surface area contributed by atoms with Crippen molar-refractivity contribution in [2.45, 2.75) is 97.5 Å².